The summed E-state index contributed by atoms with van der Waals surface area (Å²) in [5.41, 5.74) is 9.12. The molecule has 0 N–H and O–H groups in total. The van der Waals surface area contributed by atoms with Crippen LogP contribution < -0.4 is 4.90 Å². The molecule has 2 heterocycles. The van der Waals surface area contributed by atoms with Crippen LogP contribution >= 0.6 is 0 Å². The van der Waals surface area contributed by atoms with E-state index >= 15 is 0 Å². The molecule has 0 spiro atoms. The maximum absolute atomic E-state index is 4.51. The van der Waals surface area contributed by atoms with Crippen molar-refractivity contribution in [1.82, 2.24) is 4.98 Å². The second-order valence-corrected chi connectivity index (χ2v) is 7.65. The third-order valence-corrected chi connectivity index (χ3v) is 6.09. The van der Waals surface area contributed by atoms with Crippen molar-refractivity contribution in [3.63, 3.8) is 0 Å². The van der Waals surface area contributed by atoms with Crippen LogP contribution in [0.2, 0.25) is 0 Å². The first kappa shape index (κ1) is 16.3. The number of fused-ring (bicyclic) bond motifs is 5. The maximum atomic E-state index is 4.51. The molecule has 1 aromatic heterocycles. The van der Waals surface area contributed by atoms with Gasteiger partial charge in [0.15, 0.2) is 0 Å². The highest BCUT2D eigenvalue weighted by Gasteiger charge is 2.40. The molecule has 2 heteroatoms. The Kier molecular flexibility index (Phi) is 3.63. The SMILES string of the molecule is C1=C2C(c3cnccc3C1c1ccccc1)c1ccccc1N2c1ccccc1. The Morgan fingerprint density at radius 2 is 1.38 bits per heavy atom. The Labute approximate surface area is 170 Å². The molecule has 29 heavy (non-hydrogen) atoms. The van der Waals surface area contributed by atoms with E-state index in [2.05, 4.69) is 113 Å². The lowest BCUT2D eigenvalue weighted by atomic mass is 9.76. The van der Waals surface area contributed by atoms with Gasteiger partial charge in [0.25, 0.3) is 0 Å². The molecule has 0 saturated heterocycles. The Hall–Kier alpha value is -3.65. The number of allylic oxidation sites excluding steroid dienone is 2. The van der Waals surface area contributed by atoms with Crippen LogP contribution in [0, 0.1) is 0 Å². The minimum atomic E-state index is 0.218. The summed E-state index contributed by atoms with van der Waals surface area (Å²) in [7, 11) is 0. The summed E-state index contributed by atoms with van der Waals surface area (Å²) in [6.45, 7) is 0. The summed E-state index contributed by atoms with van der Waals surface area (Å²) < 4.78 is 0. The Bertz CT molecular complexity index is 1190. The zero-order chi connectivity index (χ0) is 19.2. The molecular weight excluding hydrogens is 352 g/mol. The molecule has 1 aliphatic carbocycles. The third-order valence-electron chi connectivity index (χ3n) is 6.09. The van der Waals surface area contributed by atoms with Crippen LogP contribution in [-0.2, 0) is 0 Å². The first-order valence-electron chi connectivity index (χ1n) is 10.1. The number of para-hydroxylation sites is 2. The quantitative estimate of drug-likeness (QED) is 0.405. The van der Waals surface area contributed by atoms with Gasteiger partial charge in [-0.1, -0.05) is 72.8 Å². The molecule has 0 saturated carbocycles. The van der Waals surface area contributed by atoms with Crippen molar-refractivity contribution in [2.75, 3.05) is 4.90 Å². The fourth-order valence-electron chi connectivity index (χ4n) is 4.86. The summed E-state index contributed by atoms with van der Waals surface area (Å²) >= 11 is 0. The first-order chi connectivity index (χ1) is 14.4. The molecule has 0 amide bonds. The van der Waals surface area contributed by atoms with Crippen LogP contribution in [0.4, 0.5) is 11.4 Å². The Morgan fingerprint density at radius 1 is 0.655 bits per heavy atom. The molecule has 4 aromatic rings. The van der Waals surface area contributed by atoms with Crippen molar-refractivity contribution >= 4 is 11.4 Å². The van der Waals surface area contributed by atoms with E-state index in [1.54, 1.807) is 0 Å². The summed E-state index contributed by atoms with van der Waals surface area (Å²) in [6, 6.07) is 32.4. The Balaban J connectivity index is 1.63. The number of anilines is 2. The molecule has 138 valence electrons. The fraction of sp³-hybridized carbons (Fsp3) is 0.0741. The highest BCUT2D eigenvalue weighted by molar-refractivity contribution is 5.81. The molecule has 0 fully saturated rings. The highest BCUT2D eigenvalue weighted by Crippen LogP contribution is 2.55. The first-order valence-corrected chi connectivity index (χ1v) is 10.1. The van der Waals surface area contributed by atoms with Gasteiger partial charge in [-0.25, -0.2) is 0 Å². The third kappa shape index (κ3) is 2.46. The average molecular weight is 372 g/mol. The smallest absolute Gasteiger partial charge is 0.0532 e. The van der Waals surface area contributed by atoms with Crippen LogP contribution in [0.5, 0.6) is 0 Å². The van der Waals surface area contributed by atoms with Crippen molar-refractivity contribution in [3.8, 4) is 0 Å². The van der Waals surface area contributed by atoms with Crippen molar-refractivity contribution in [3.05, 3.63) is 137 Å². The van der Waals surface area contributed by atoms with E-state index < -0.39 is 0 Å². The molecule has 2 aliphatic rings. The van der Waals surface area contributed by atoms with E-state index in [0.29, 0.717) is 0 Å². The van der Waals surface area contributed by atoms with Gasteiger partial charge in [-0.15, -0.1) is 0 Å². The van der Waals surface area contributed by atoms with Crippen molar-refractivity contribution in [2.24, 2.45) is 0 Å². The van der Waals surface area contributed by atoms with Crippen molar-refractivity contribution in [2.45, 2.75) is 11.8 Å². The van der Waals surface area contributed by atoms with Crippen molar-refractivity contribution in [1.29, 1.82) is 0 Å². The topological polar surface area (TPSA) is 16.1 Å². The summed E-state index contributed by atoms with van der Waals surface area (Å²) in [5, 5.41) is 0. The van der Waals surface area contributed by atoms with Gasteiger partial charge in [0.1, 0.15) is 0 Å². The van der Waals surface area contributed by atoms with Crippen LogP contribution in [0.3, 0.4) is 0 Å². The molecular formula is C27H20N2. The van der Waals surface area contributed by atoms with E-state index in [-0.39, 0.29) is 11.8 Å². The molecule has 1 aliphatic heterocycles. The zero-order valence-electron chi connectivity index (χ0n) is 15.9. The predicted octanol–water partition coefficient (Wildman–Crippen LogP) is 6.39. The minimum Gasteiger partial charge on any atom is -0.313 e. The molecule has 2 nitrogen and oxygen atoms in total. The van der Waals surface area contributed by atoms with Gasteiger partial charge >= 0.3 is 0 Å². The largest absolute Gasteiger partial charge is 0.313 e. The maximum Gasteiger partial charge on any atom is 0.0532 e. The van der Waals surface area contributed by atoms with Gasteiger partial charge in [-0.3, -0.25) is 4.98 Å². The molecule has 2 unspecified atom stereocenters. The van der Waals surface area contributed by atoms with E-state index in [0.717, 1.165) is 0 Å². The highest BCUT2D eigenvalue weighted by atomic mass is 15.2. The zero-order valence-corrected chi connectivity index (χ0v) is 15.9. The van der Waals surface area contributed by atoms with Crippen LogP contribution in [0.15, 0.2) is 115 Å². The monoisotopic (exact) mass is 372 g/mol. The molecule has 6 rings (SSSR count). The predicted molar refractivity (Wildman–Crippen MR) is 117 cm³/mol. The average Bonchev–Trinajstić information content (AvgIpc) is 3.14. The van der Waals surface area contributed by atoms with E-state index in [9.17, 15) is 0 Å². The number of benzene rings is 3. The van der Waals surface area contributed by atoms with Gasteiger partial charge in [-0.2, -0.15) is 0 Å². The molecule has 2 atom stereocenters. The second kappa shape index (κ2) is 6.46. The van der Waals surface area contributed by atoms with E-state index in [1.165, 1.54) is 39.3 Å². The van der Waals surface area contributed by atoms with Crippen molar-refractivity contribution < 1.29 is 0 Å². The normalized spacial score (nSPS) is 19.2. The number of hydrogen-bond donors (Lipinski definition) is 0. The van der Waals surface area contributed by atoms with Gasteiger partial charge in [-0.05, 0) is 46.5 Å². The van der Waals surface area contributed by atoms with Crippen LogP contribution in [0.1, 0.15) is 34.1 Å². The van der Waals surface area contributed by atoms with Gasteiger partial charge in [0.2, 0.25) is 0 Å². The summed E-state index contributed by atoms with van der Waals surface area (Å²) in [4.78, 5) is 6.93. The number of rotatable bonds is 2. The van der Waals surface area contributed by atoms with Gasteiger partial charge in [0, 0.05) is 29.7 Å². The van der Waals surface area contributed by atoms with E-state index in [1.807, 2.05) is 6.20 Å². The lowest BCUT2D eigenvalue weighted by molar-refractivity contribution is 0.840. The standard InChI is InChI=1S/C27H20N2/c1-3-9-19(10-4-1)23-17-26-27(24-18-28-16-15-21(23)24)22-13-7-8-14-25(22)29(26)20-11-5-2-6-12-20/h1-18,23,27H. The number of nitrogens with zero attached hydrogens (tertiary/aromatic N) is 2. The summed E-state index contributed by atoms with van der Waals surface area (Å²) in [6.07, 6.45) is 6.44. The molecule has 0 bridgehead atoms. The number of aromatic nitrogens is 1. The number of hydrogen-bond acceptors (Lipinski definition) is 2. The summed E-state index contributed by atoms with van der Waals surface area (Å²) in [5.74, 6) is 0.441. The lowest BCUT2D eigenvalue weighted by Gasteiger charge is -2.31. The van der Waals surface area contributed by atoms with Gasteiger partial charge < -0.3 is 4.90 Å². The van der Waals surface area contributed by atoms with E-state index in [4.69, 9.17) is 0 Å². The van der Waals surface area contributed by atoms with Crippen LogP contribution in [-0.4, -0.2) is 4.98 Å². The molecule has 0 radical (unpaired) electrons. The number of pyridine rings is 1. The minimum absolute atomic E-state index is 0.218. The van der Waals surface area contributed by atoms with Gasteiger partial charge in [0.05, 0.1) is 11.6 Å². The molecule has 3 aromatic carbocycles. The fourth-order valence-corrected chi connectivity index (χ4v) is 4.86. The van der Waals surface area contributed by atoms with Crippen LogP contribution in [0.25, 0.3) is 0 Å². The lowest BCUT2D eigenvalue weighted by Crippen LogP contribution is -2.21. The second-order valence-electron chi connectivity index (χ2n) is 7.65. The Morgan fingerprint density at radius 3 is 2.21 bits per heavy atom.